The van der Waals surface area contributed by atoms with E-state index in [1.165, 1.54) is 0 Å². The molecule has 6 rings (SSSR count). The van der Waals surface area contributed by atoms with E-state index in [9.17, 15) is 15.0 Å². The van der Waals surface area contributed by atoms with Crippen LogP contribution in [0.2, 0.25) is 0 Å². The molecule has 0 radical (unpaired) electrons. The lowest BCUT2D eigenvalue weighted by Gasteiger charge is -2.61. The quantitative estimate of drug-likeness (QED) is 0.589. The molecule has 0 bridgehead atoms. The van der Waals surface area contributed by atoms with E-state index in [2.05, 4.69) is 27.7 Å². The van der Waals surface area contributed by atoms with Crippen LogP contribution >= 0.6 is 0 Å². The third-order valence-electron chi connectivity index (χ3n) is 11.8. The largest absolute Gasteiger partial charge is 0.390 e. The van der Waals surface area contributed by atoms with Gasteiger partial charge in [-0.05, 0) is 73.5 Å². The van der Waals surface area contributed by atoms with Gasteiger partial charge in [0.2, 0.25) is 0 Å². The minimum Gasteiger partial charge on any atom is -0.390 e. The summed E-state index contributed by atoms with van der Waals surface area (Å²) in [6.45, 7) is 9.86. The second kappa shape index (κ2) is 7.02. The van der Waals surface area contributed by atoms with Gasteiger partial charge in [0.25, 0.3) is 0 Å². The van der Waals surface area contributed by atoms with Crippen LogP contribution < -0.4 is 0 Å². The first kappa shape index (κ1) is 22.0. The maximum absolute atomic E-state index is 14.0. The Bertz CT molecular complexity index is 789. The predicted octanol–water partition coefficient (Wildman–Crippen LogP) is 3.94. The van der Waals surface area contributed by atoms with Crippen LogP contribution in [0.4, 0.5) is 0 Å². The first-order valence-electron chi connectivity index (χ1n) is 13.3. The maximum atomic E-state index is 14.0. The highest BCUT2D eigenvalue weighted by atomic mass is 16.7. The van der Waals surface area contributed by atoms with E-state index in [1.807, 2.05) is 0 Å². The summed E-state index contributed by atoms with van der Waals surface area (Å²) < 4.78 is 13.2. The van der Waals surface area contributed by atoms with Crippen LogP contribution in [0.3, 0.4) is 0 Å². The number of hydrogen-bond donors (Lipinski definition) is 2. The number of Topliss-reactive ketones (excluding diaryl/α,β-unsaturated/α-hetero) is 1. The fourth-order valence-corrected chi connectivity index (χ4v) is 9.97. The fourth-order valence-electron chi connectivity index (χ4n) is 9.97. The van der Waals surface area contributed by atoms with Crippen LogP contribution in [-0.4, -0.2) is 46.7 Å². The van der Waals surface area contributed by atoms with Crippen molar-refractivity contribution >= 4 is 5.78 Å². The molecule has 32 heavy (non-hydrogen) atoms. The number of hydrogen-bond acceptors (Lipinski definition) is 5. The van der Waals surface area contributed by atoms with Gasteiger partial charge in [-0.25, -0.2) is 0 Å². The smallest absolute Gasteiger partial charge is 0.171 e. The molecule has 5 nitrogen and oxygen atoms in total. The Morgan fingerprint density at radius 3 is 2.50 bits per heavy atom. The molecule has 2 saturated heterocycles. The van der Waals surface area contributed by atoms with Crippen LogP contribution in [0.1, 0.15) is 79.1 Å². The normalized spacial score (nSPS) is 61.8. The van der Waals surface area contributed by atoms with E-state index in [0.29, 0.717) is 54.6 Å². The van der Waals surface area contributed by atoms with Gasteiger partial charge in [-0.1, -0.05) is 27.7 Å². The molecule has 0 aromatic heterocycles. The molecule has 2 heterocycles. The number of aliphatic hydroxyl groups excluding tert-OH is 2. The number of carbonyl (C=O) groups is 1. The number of fused-ring (bicyclic) bond motifs is 7. The SMILES string of the molecule is C[C@H]1CC[C@@]2(OC1)O[C@@H]1C[C@H]3[C@H]4CC[C@H]5C[C@@H](O)[C@H](O)C[C@]5(C)[C@@H]4CC(=O)[C@]3(C)[C@@H]1[C@@H]2C. The fraction of sp³-hybridized carbons (Fsp3) is 0.963. The Kier molecular flexibility index (Phi) is 4.83. The van der Waals surface area contributed by atoms with Crippen LogP contribution in [-0.2, 0) is 14.3 Å². The molecule has 0 aromatic carbocycles. The van der Waals surface area contributed by atoms with Crippen molar-refractivity contribution in [1.82, 2.24) is 0 Å². The molecule has 4 aliphatic carbocycles. The summed E-state index contributed by atoms with van der Waals surface area (Å²) in [6.07, 6.45) is 6.12. The third-order valence-corrected chi connectivity index (χ3v) is 11.8. The van der Waals surface area contributed by atoms with Crippen molar-refractivity contribution < 1.29 is 24.5 Å². The minimum atomic E-state index is -0.657. The molecule has 1 spiro atoms. The summed E-state index contributed by atoms with van der Waals surface area (Å²) in [4.78, 5) is 14.0. The summed E-state index contributed by atoms with van der Waals surface area (Å²) in [7, 11) is 0. The number of rotatable bonds is 0. The number of aliphatic hydroxyl groups is 2. The van der Waals surface area contributed by atoms with E-state index < -0.39 is 18.0 Å². The first-order valence-corrected chi connectivity index (χ1v) is 13.3. The second-order valence-electron chi connectivity index (χ2n) is 13.1. The Morgan fingerprint density at radius 1 is 1.00 bits per heavy atom. The summed E-state index contributed by atoms with van der Waals surface area (Å²) in [5, 5.41) is 20.8. The molecule has 13 atom stereocenters. The van der Waals surface area contributed by atoms with Crippen molar-refractivity contribution in [1.29, 1.82) is 0 Å². The molecule has 0 amide bonds. The van der Waals surface area contributed by atoms with Gasteiger partial charge in [0.1, 0.15) is 5.78 Å². The van der Waals surface area contributed by atoms with Crippen molar-refractivity contribution in [2.24, 2.45) is 52.3 Å². The highest BCUT2D eigenvalue weighted by molar-refractivity contribution is 5.87. The molecule has 2 aliphatic heterocycles. The average molecular weight is 447 g/mol. The maximum Gasteiger partial charge on any atom is 0.171 e. The molecule has 0 aromatic rings. The van der Waals surface area contributed by atoms with Crippen molar-refractivity contribution in [3.63, 3.8) is 0 Å². The van der Waals surface area contributed by atoms with Gasteiger partial charge in [-0.2, -0.15) is 0 Å². The van der Waals surface area contributed by atoms with E-state index in [0.717, 1.165) is 38.7 Å². The van der Waals surface area contributed by atoms with Gasteiger partial charge in [0.05, 0.1) is 24.9 Å². The van der Waals surface area contributed by atoms with Crippen LogP contribution in [0.5, 0.6) is 0 Å². The number of carbonyl (C=O) groups excluding carboxylic acids is 1. The lowest BCUT2D eigenvalue weighted by atomic mass is 9.43. The van der Waals surface area contributed by atoms with E-state index in [-0.39, 0.29) is 28.8 Å². The van der Waals surface area contributed by atoms with Crippen LogP contribution in [0.25, 0.3) is 0 Å². The molecular formula is C27H42O5. The van der Waals surface area contributed by atoms with Gasteiger partial charge in [-0.3, -0.25) is 4.79 Å². The summed E-state index contributed by atoms with van der Waals surface area (Å²) in [6, 6.07) is 0. The Morgan fingerprint density at radius 2 is 1.78 bits per heavy atom. The van der Waals surface area contributed by atoms with Crippen LogP contribution in [0.15, 0.2) is 0 Å². The summed E-state index contributed by atoms with van der Waals surface area (Å²) in [5.74, 6) is 2.64. The highest BCUT2D eigenvalue weighted by Gasteiger charge is 2.71. The summed E-state index contributed by atoms with van der Waals surface area (Å²) in [5.41, 5.74) is -0.371. The Balaban J connectivity index is 1.30. The lowest BCUT2D eigenvalue weighted by molar-refractivity contribution is -0.272. The zero-order valence-electron chi connectivity index (χ0n) is 20.3. The molecule has 0 unspecified atom stereocenters. The molecule has 180 valence electrons. The van der Waals surface area contributed by atoms with Gasteiger partial charge in [0, 0.05) is 30.1 Å². The number of ether oxygens (including phenoxy) is 2. The zero-order valence-corrected chi connectivity index (χ0v) is 20.3. The molecule has 4 saturated carbocycles. The van der Waals surface area contributed by atoms with E-state index in [1.54, 1.807) is 0 Å². The molecule has 6 fully saturated rings. The van der Waals surface area contributed by atoms with Gasteiger partial charge < -0.3 is 19.7 Å². The lowest BCUT2D eigenvalue weighted by Crippen LogP contribution is -2.59. The summed E-state index contributed by atoms with van der Waals surface area (Å²) >= 11 is 0. The first-order chi connectivity index (χ1) is 15.1. The van der Waals surface area contributed by atoms with Crippen molar-refractivity contribution in [2.75, 3.05) is 6.61 Å². The van der Waals surface area contributed by atoms with Gasteiger partial charge in [0.15, 0.2) is 5.79 Å². The molecule has 2 N–H and O–H groups in total. The van der Waals surface area contributed by atoms with Gasteiger partial charge in [-0.15, -0.1) is 0 Å². The van der Waals surface area contributed by atoms with Crippen LogP contribution in [0, 0.1) is 52.3 Å². The van der Waals surface area contributed by atoms with Gasteiger partial charge >= 0.3 is 0 Å². The Labute approximate surface area is 192 Å². The van der Waals surface area contributed by atoms with Crippen molar-refractivity contribution in [2.45, 2.75) is 103 Å². The van der Waals surface area contributed by atoms with Crippen molar-refractivity contribution in [3.05, 3.63) is 0 Å². The van der Waals surface area contributed by atoms with Crippen molar-refractivity contribution in [3.8, 4) is 0 Å². The Hall–Kier alpha value is -0.490. The standard InChI is InChI=1S/C27H42O5/c1-14-7-8-27(31-13-14)15(2)24-22(32-27)10-19-17-6-5-16-9-20(28)21(29)12-25(16,3)18(17)11-23(30)26(19,24)4/h14-22,24,28-29H,5-13H2,1-4H3/t14-,15-,16-,17-,18+,19-,20+,21+,22+,24+,25-,26+,27+/m0/s1. The van der Waals surface area contributed by atoms with E-state index in [4.69, 9.17) is 9.47 Å². The minimum absolute atomic E-state index is 0.0490. The predicted molar refractivity (Wildman–Crippen MR) is 120 cm³/mol. The molecule has 6 aliphatic rings. The molecule has 5 heteroatoms. The topological polar surface area (TPSA) is 76.0 Å². The zero-order chi connectivity index (χ0) is 22.6. The molecular weight excluding hydrogens is 404 g/mol. The monoisotopic (exact) mass is 446 g/mol. The average Bonchev–Trinajstić information content (AvgIpc) is 3.19. The third kappa shape index (κ3) is 2.69. The number of ketones is 1. The second-order valence-corrected chi connectivity index (χ2v) is 13.1. The van der Waals surface area contributed by atoms with E-state index >= 15 is 0 Å². The highest BCUT2D eigenvalue weighted by Crippen LogP contribution is 2.70.